The summed E-state index contributed by atoms with van der Waals surface area (Å²) in [4.78, 5) is 26.3. The third kappa shape index (κ3) is 2.95. The molecule has 0 aliphatic carbocycles. The summed E-state index contributed by atoms with van der Waals surface area (Å²) < 4.78 is 0. The molecule has 2 rings (SSSR count). The van der Waals surface area contributed by atoms with Crippen molar-refractivity contribution >= 4 is 11.8 Å². The molecule has 0 bridgehead atoms. The van der Waals surface area contributed by atoms with Crippen LogP contribution in [0.4, 0.5) is 0 Å². The molecule has 1 aromatic carbocycles. The number of nitrogens with one attached hydrogen (secondary N) is 1. The van der Waals surface area contributed by atoms with Crippen LogP contribution in [-0.4, -0.2) is 29.3 Å². The monoisotopic (exact) mass is 260 g/mol. The van der Waals surface area contributed by atoms with Gasteiger partial charge in [0.25, 0.3) is 0 Å². The Bertz CT molecular complexity index is 458. The van der Waals surface area contributed by atoms with E-state index in [1.165, 1.54) is 0 Å². The van der Waals surface area contributed by atoms with Crippen LogP contribution in [0.2, 0.25) is 0 Å². The first-order valence-electron chi connectivity index (χ1n) is 6.78. The molecule has 1 saturated heterocycles. The maximum Gasteiger partial charge on any atom is 0.250 e. The zero-order valence-electron chi connectivity index (χ0n) is 11.4. The van der Waals surface area contributed by atoms with E-state index in [2.05, 4.69) is 5.32 Å². The van der Waals surface area contributed by atoms with Gasteiger partial charge in [0, 0.05) is 19.0 Å². The molecule has 0 radical (unpaired) electrons. The molecule has 19 heavy (non-hydrogen) atoms. The van der Waals surface area contributed by atoms with Gasteiger partial charge in [0.1, 0.15) is 6.04 Å². The first-order chi connectivity index (χ1) is 9.13. The molecule has 0 saturated carbocycles. The summed E-state index contributed by atoms with van der Waals surface area (Å²) in [5.74, 6) is -0.0697. The number of hydrogen-bond donors (Lipinski definition) is 1. The highest BCUT2D eigenvalue weighted by atomic mass is 16.2. The molecule has 0 aromatic heterocycles. The molecule has 1 aromatic rings. The van der Waals surface area contributed by atoms with E-state index in [-0.39, 0.29) is 17.9 Å². The molecule has 2 atom stereocenters. The van der Waals surface area contributed by atoms with Crippen molar-refractivity contribution in [2.24, 2.45) is 0 Å². The fourth-order valence-electron chi connectivity index (χ4n) is 2.49. The summed E-state index contributed by atoms with van der Waals surface area (Å²) in [6, 6.07) is 8.83. The van der Waals surface area contributed by atoms with Crippen molar-refractivity contribution in [3.8, 4) is 0 Å². The Morgan fingerprint density at radius 1 is 1.26 bits per heavy atom. The van der Waals surface area contributed by atoms with Crippen molar-refractivity contribution < 1.29 is 9.59 Å². The number of amides is 2. The summed E-state index contributed by atoms with van der Waals surface area (Å²) in [5, 5.41) is 2.83. The van der Waals surface area contributed by atoms with Gasteiger partial charge in [-0.05, 0) is 18.9 Å². The molecule has 102 valence electrons. The first-order valence-corrected chi connectivity index (χ1v) is 6.78. The Morgan fingerprint density at radius 3 is 2.58 bits per heavy atom. The second kappa shape index (κ2) is 5.87. The van der Waals surface area contributed by atoms with Gasteiger partial charge in [-0.15, -0.1) is 0 Å². The average Bonchev–Trinajstić information content (AvgIpc) is 2.51. The second-order valence-electron chi connectivity index (χ2n) is 5.00. The van der Waals surface area contributed by atoms with E-state index in [1.807, 2.05) is 49.1 Å². The Balaban J connectivity index is 2.31. The topological polar surface area (TPSA) is 49.4 Å². The summed E-state index contributed by atoms with van der Waals surface area (Å²) >= 11 is 0. The Hall–Kier alpha value is -1.84. The highest BCUT2D eigenvalue weighted by molar-refractivity contribution is 5.91. The predicted molar refractivity (Wildman–Crippen MR) is 73.4 cm³/mol. The van der Waals surface area contributed by atoms with E-state index < -0.39 is 6.04 Å². The van der Waals surface area contributed by atoms with E-state index in [4.69, 9.17) is 0 Å². The number of nitrogens with zero attached hydrogens (tertiary/aromatic N) is 1. The lowest BCUT2D eigenvalue weighted by molar-refractivity contribution is -0.135. The molecule has 2 unspecified atom stereocenters. The largest absolute Gasteiger partial charge is 0.340 e. The molecule has 1 heterocycles. The quantitative estimate of drug-likeness (QED) is 0.902. The molecule has 1 fully saturated rings. The Labute approximate surface area is 113 Å². The lowest BCUT2D eigenvalue weighted by Crippen LogP contribution is -2.41. The van der Waals surface area contributed by atoms with Gasteiger partial charge < -0.3 is 10.2 Å². The number of carbonyl (C=O) groups excluding carboxylic acids is 2. The van der Waals surface area contributed by atoms with Gasteiger partial charge in [-0.3, -0.25) is 9.59 Å². The van der Waals surface area contributed by atoms with Gasteiger partial charge in [-0.2, -0.15) is 0 Å². The predicted octanol–water partition coefficient (Wildman–Crippen LogP) is 1.87. The van der Waals surface area contributed by atoms with Crippen LogP contribution in [0.5, 0.6) is 0 Å². The lowest BCUT2D eigenvalue weighted by Gasteiger charge is -2.28. The molecule has 4 nitrogen and oxygen atoms in total. The Kier molecular flexibility index (Phi) is 4.20. The zero-order chi connectivity index (χ0) is 13.8. The van der Waals surface area contributed by atoms with Gasteiger partial charge in [-0.25, -0.2) is 0 Å². The van der Waals surface area contributed by atoms with Gasteiger partial charge in [0.05, 0.1) is 0 Å². The van der Waals surface area contributed by atoms with E-state index in [1.54, 1.807) is 0 Å². The molecule has 1 aliphatic rings. The van der Waals surface area contributed by atoms with Gasteiger partial charge >= 0.3 is 0 Å². The summed E-state index contributed by atoms with van der Waals surface area (Å²) in [7, 11) is 0. The fourth-order valence-corrected chi connectivity index (χ4v) is 2.49. The second-order valence-corrected chi connectivity index (χ2v) is 5.00. The average molecular weight is 260 g/mol. The maximum absolute atomic E-state index is 12.6. The molecule has 0 spiro atoms. The van der Waals surface area contributed by atoms with Crippen LogP contribution in [0, 0.1) is 0 Å². The van der Waals surface area contributed by atoms with Crippen molar-refractivity contribution in [2.75, 3.05) is 6.54 Å². The van der Waals surface area contributed by atoms with Crippen LogP contribution in [0.25, 0.3) is 0 Å². The smallest absolute Gasteiger partial charge is 0.250 e. The van der Waals surface area contributed by atoms with Crippen LogP contribution in [0.1, 0.15) is 38.3 Å². The first kappa shape index (κ1) is 13.6. The summed E-state index contributed by atoms with van der Waals surface area (Å²) in [5.41, 5.74) is 0.844. The van der Waals surface area contributed by atoms with E-state index >= 15 is 0 Å². The van der Waals surface area contributed by atoms with Crippen molar-refractivity contribution in [1.29, 1.82) is 0 Å². The number of hydrogen-bond acceptors (Lipinski definition) is 2. The minimum absolute atomic E-state index is 0.00796. The fraction of sp³-hybridized carbons (Fsp3) is 0.467. The van der Waals surface area contributed by atoms with Gasteiger partial charge in [0.2, 0.25) is 11.8 Å². The zero-order valence-corrected chi connectivity index (χ0v) is 11.4. The minimum Gasteiger partial charge on any atom is -0.340 e. The molecule has 2 amide bonds. The highest BCUT2D eigenvalue weighted by Gasteiger charge is 2.34. The van der Waals surface area contributed by atoms with E-state index in [0.717, 1.165) is 12.0 Å². The third-order valence-electron chi connectivity index (χ3n) is 3.45. The number of carbonyl (C=O) groups is 2. The van der Waals surface area contributed by atoms with Gasteiger partial charge in [-0.1, -0.05) is 37.3 Å². The molecular formula is C15H20N2O2. The molecule has 4 heteroatoms. The maximum atomic E-state index is 12.6. The van der Waals surface area contributed by atoms with Crippen LogP contribution in [0.15, 0.2) is 30.3 Å². The van der Waals surface area contributed by atoms with Crippen LogP contribution in [0.3, 0.4) is 0 Å². The lowest BCUT2D eigenvalue weighted by atomic mass is 10.1. The van der Waals surface area contributed by atoms with Gasteiger partial charge in [0.15, 0.2) is 0 Å². The molecule has 1 aliphatic heterocycles. The van der Waals surface area contributed by atoms with Crippen molar-refractivity contribution in [2.45, 2.75) is 38.8 Å². The van der Waals surface area contributed by atoms with E-state index in [0.29, 0.717) is 13.0 Å². The third-order valence-corrected chi connectivity index (χ3v) is 3.45. The molecule has 1 N–H and O–H groups in total. The van der Waals surface area contributed by atoms with Crippen molar-refractivity contribution in [1.82, 2.24) is 10.2 Å². The number of benzene rings is 1. The van der Waals surface area contributed by atoms with Crippen LogP contribution >= 0.6 is 0 Å². The standard InChI is InChI=1S/C15H20N2O2/c1-3-9-17-11(2)10-13(18)16-14(15(17)19)12-7-5-4-6-8-12/h4-8,11,14H,3,9-10H2,1-2H3,(H,16,18). The van der Waals surface area contributed by atoms with Crippen molar-refractivity contribution in [3.05, 3.63) is 35.9 Å². The minimum atomic E-state index is -0.551. The normalized spacial score (nSPS) is 24.0. The van der Waals surface area contributed by atoms with Crippen molar-refractivity contribution in [3.63, 3.8) is 0 Å². The van der Waals surface area contributed by atoms with E-state index in [9.17, 15) is 9.59 Å². The van der Waals surface area contributed by atoms with Crippen LogP contribution in [-0.2, 0) is 9.59 Å². The molecular weight excluding hydrogens is 240 g/mol. The number of rotatable bonds is 3. The Morgan fingerprint density at radius 2 is 1.95 bits per heavy atom. The summed E-state index contributed by atoms with van der Waals surface area (Å²) in [6.07, 6.45) is 1.26. The van der Waals surface area contributed by atoms with Crippen LogP contribution < -0.4 is 5.32 Å². The highest BCUT2D eigenvalue weighted by Crippen LogP contribution is 2.21. The summed E-state index contributed by atoms with van der Waals surface area (Å²) in [6.45, 7) is 4.66. The SMILES string of the molecule is CCCN1C(=O)C(c2ccccc2)NC(=O)CC1C.